The molecule has 20 heavy (non-hydrogen) atoms. The van der Waals surface area contributed by atoms with Gasteiger partial charge in [0.1, 0.15) is 5.78 Å². The first-order valence-corrected chi connectivity index (χ1v) is 10.7. The molecular weight excluding hydrogens is 288 g/mol. The summed E-state index contributed by atoms with van der Waals surface area (Å²) in [5.74, 6) is 0.195. The number of benzene rings is 1. The van der Waals surface area contributed by atoms with Crippen molar-refractivity contribution in [3.05, 3.63) is 34.9 Å². The van der Waals surface area contributed by atoms with E-state index < -0.39 is 8.32 Å². The van der Waals surface area contributed by atoms with Gasteiger partial charge >= 0.3 is 0 Å². The fourth-order valence-corrected chi connectivity index (χ4v) is 3.17. The summed E-state index contributed by atoms with van der Waals surface area (Å²) < 4.78 is 6.20. The topological polar surface area (TPSA) is 26.3 Å². The van der Waals surface area contributed by atoms with Crippen molar-refractivity contribution in [3.63, 3.8) is 0 Å². The number of carbonyl (C=O) groups is 1. The Kier molecular flexibility index (Phi) is 5.59. The predicted molar refractivity (Wildman–Crippen MR) is 87.7 cm³/mol. The summed E-state index contributed by atoms with van der Waals surface area (Å²) in [5.41, 5.74) is 0.552. The molecule has 0 aromatic heterocycles. The van der Waals surface area contributed by atoms with Crippen molar-refractivity contribution in [2.45, 2.75) is 52.9 Å². The Morgan fingerprint density at radius 1 is 1.25 bits per heavy atom. The first-order chi connectivity index (χ1) is 9.00. The van der Waals surface area contributed by atoms with E-state index in [1.165, 1.54) is 0 Å². The Labute approximate surface area is 128 Å². The molecule has 4 heteroatoms. The van der Waals surface area contributed by atoms with Crippen molar-refractivity contribution in [1.82, 2.24) is 0 Å². The lowest BCUT2D eigenvalue weighted by atomic mass is 9.86. The fraction of sp³-hybridized carbons (Fsp3) is 0.562. The lowest BCUT2D eigenvalue weighted by molar-refractivity contribution is -0.128. The SMILES string of the molecule is CC(C)(C)C(=O)C[C@H](O[Si](C)(C)C)c1ccccc1Cl. The van der Waals surface area contributed by atoms with Gasteiger partial charge in [-0.15, -0.1) is 0 Å². The second kappa shape index (κ2) is 6.42. The van der Waals surface area contributed by atoms with Crippen LogP contribution in [0.2, 0.25) is 24.7 Å². The molecule has 1 atom stereocenters. The van der Waals surface area contributed by atoms with Crippen LogP contribution in [0.5, 0.6) is 0 Å². The molecule has 0 saturated carbocycles. The maximum atomic E-state index is 12.3. The molecule has 1 aromatic carbocycles. The van der Waals surface area contributed by atoms with E-state index in [1.54, 1.807) is 0 Å². The monoisotopic (exact) mass is 312 g/mol. The molecular formula is C16H25ClO2Si. The second-order valence-electron chi connectivity index (χ2n) is 7.12. The van der Waals surface area contributed by atoms with Gasteiger partial charge in [0, 0.05) is 16.9 Å². The van der Waals surface area contributed by atoms with Gasteiger partial charge in [-0.2, -0.15) is 0 Å². The van der Waals surface area contributed by atoms with Crippen LogP contribution in [0.25, 0.3) is 0 Å². The van der Waals surface area contributed by atoms with E-state index in [2.05, 4.69) is 19.6 Å². The molecule has 0 saturated heterocycles. The van der Waals surface area contributed by atoms with Gasteiger partial charge in [-0.05, 0) is 31.3 Å². The summed E-state index contributed by atoms with van der Waals surface area (Å²) >= 11 is 6.27. The molecule has 1 rings (SSSR count). The second-order valence-corrected chi connectivity index (χ2v) is 12.0. The lowest BCUT2D eigenvalue weighted by Crippen LogP contribution is -2.31. The van der Waals surface area contributed by atoms with E-state index in [9.17, 15) is 4.79 Å². The minimum Gasteiger partial charge on any atom is -0.410 e. The first kappa shape index (κ1) is 17.4. The van der Waals surface area contributed by atoms with Crippen LogP contribution in [0.4, 0.5) is 0 Å². The van der Waals surface area contributed by atoms with Gasteiger partial charge < -0.3 is 4.43 Å². The van der Waals surface area contributed by atoms with Gasteiger partial charge in [-0.25, -0.2) is 0 Å². The third-order valence-corrected chi connectivity index (χ3v) is 4.29. The molecule has 0 spiro atoms. The molecule has 2 nitrogen and oxygen atoms in total. The van der Waals surface area contributed by atoms with Crippen molar-refractivity contribution in [2.24, 2.45) is 5.41 Å². The van der Waals surface area contributed by atoms with Crippen LogP contribution in [0.3, 0.4) is 0 Å². The van der Waals surface area contributed by atoms with E-state index in [1.807, 2.05) is 45.0 Å². The molecule has 0 aliphatic carbocycles. The van der Waals surface area contributed by atoms with Gasteiger partial charge in [0.2, 0.25) is 0 Å². The third-order valence-electron chi connectivity index (χ3n) is 2.96. The molecule has 0 fully saturated rings. The smallest absolute Gasteiger partial charge is 0.184 e. The minimum atomic E-state index is -1.76. The van der Waals surface area contributed by atoms with Crippen molar-refractivity contribution in [3.8, 4) is 0 Å². The minimum absolute atomic E-state index is 0.195. The molecule has 0 amide bonds. The van der Waals surface area contributed by atoms with Crippen molar-refractivity contribution in [2.75, 3.05) is 0 Å². The summed E-state index contributed by atoms with van der Waals surface area (Å²) in [6, 6.07) is 7.62. The van der Waals surface area contributed by atoms with Gasteiger partial charge in [0.25, 0.3) is 0 Å². The molecule has 0 bridgehead atoms. The molecule has 0 aliphatic rings. The molecule has 0 N–H and O–H groups in total. The third kappa shape index (κ3) is 5.39. The quantitative estimate of drug-likeness (QED) is 0.695. The van der Waals surface area contributed by atoms with Crippen molar-refractivity contribution in [1.29, 1.82) is 0 Å². The van der Waals surface area contributed by atoms with Crippen LogP contribution in [-0.4, -0.2) is 14.1 Å². The maximum absolute atomic E-state index is 12.3. The number of hydrogen-bond donors (Lipinski definition) is 0. The van der Waals surface area contributed by atoms with Crippen molar-refractivity contribution >= 4 is 25.7 Å². The summed E-state index contributed by atoms with van der Waals surface area (Å²) in [6.07, 6.45) is 0.124. The van der Waals surface area contributed by atoms with Crippen LogP contribution in [-0.2, 0) is 9.22 Å². The van der Waals surface area contributed by atoms with Crippen LogP contribution in [0.1, 0.15) is 38.9 Å². The molecule has 0 radical (unpaired) electrons. The highest BCUT2D eigenvalue weighted by molar-refractivity contribution is 6.69. The van der Waals surface area contributed by atoms with Crippen molar-refractivity contribution < 1.29 is 9.22 Å². The number of halogens is 1. The van der Waals surface area contributed by atoms with Crippen LogP contribution in [0.15, 0.2) is 24.3 Å². The zero-order chi connectivity index (χ0) is 15.6. The Hall–Kier alpha value is -0.643. The molecule has 0 unspecified atom stereocenters. The Morgan fingerprint density at radius 3 is 2.25 bits per heavy atom. The van der Waals surface area contributed by atoms with E-state index in [-0.39, 0.29) is 17.3 Å². The van der Waals surface area contributed by atoms with Crippen LogP contribution < -0.4 is 0 Å². The van der Waals surface area contributed by atoms with E-state index in [4.69, 9.17) is 16.0 Å². The van der Waals surface area contributed by atoms with Gasteiger partial charge in [-0.1, -0.05) is 50.6 Å². The zero-order valence-corrected chi connectivity index (χ0v) is 15.0. The average molecular weight is 313 g/mol. The number of ketones is 1. The predicted octanol–water partition coefficient (Wildman–Crippen LogP) is 5.24. The molecule has 0 aliphatic heterocycles. The molecule has 1 aromatic rings. The number of Topliss-reactive ketones (excluding diaryl/α,β-unsaturated/α-hetero) is 1. The van der Waals surface area contributed by atoms with Gasteiger partial charge in [0.15, 0.2) is 8.32 Å². The first-order valence-electron chi connectivity index (χ1n) is 6.96. The van der Waals surface area contributed by atoms with E-state index >= 15 is 0 Å². The molecule has 0 heterocycles. The Bertz CT molecular complexity index is 472. The average Bonchev–Trinajstić information content (AvgIpc) is 2.25. The lowest BCUT2D eigenvalue weighted by Gasteiger charge is -2.29. The van der Waals surface area contributed by atoms with Gasteiger partial charge in [-0.3, -0.25) is 4.79 Å². The summed E-state index contributed by atoms with van der Waals surface area (Å²) in [6.45, 7) is 12.2. The zero-order valence-electron chi connectivity index (χ0n) is 13.3. The largest absolute Gasteiger partial charge is 0.410 e. The van der Waals surface area contributed by atoms with E-state index in [0.717, 1.165) is 5.56 Å². The van der Waals surface area contributed by atoms with E-state index in [0.29, 0.717) is 11.4 Å². The highest BCUT2D eigenvalue weighted by Crippen LogP contribution is 2.33. The number of rotatable bonds is 5. The number of carbonyl (C=O) groups excluding carboxylic acids is 1. The summed E-state index contributed by atoms with van der Waals surface area (Å²) in [4.78, 5) is 12.3. The maximum Gasteiger partial charge on any atom is 0.184 e. The van der Waals surface area contributed by atoms with Crippen LogP contribution in [0, 0.1) is 5.41 Å². The number of hydrogen-bond acceptors (Lipinski definition) is 2. The fourth-order valence-electron chi connectivity index (χ4n) is 1.85. The normalized spacial score (nSPS) is 14.2. The molecule has 112 valence electrons. The van der Waals surface area contributed by atoms with Gasteiger partial charge in [0.05, 0.1) is 6.10 Å². The Balaban J connectivity index is 3.04. The summed E-state index contributed by atoms with van der Waals surface area (Å²) in [7, 11) is -1.76. The Morgan fingerprint density at radius 2 is 1.80 bits per heavy atom. The highest BCUT2D eigenvalue weighted by Gasteiger charge is 2.30. The highest BCUT2D eigenvalue weighted by atomic mass is 35.5. The van der Waals surface area contributed by atoms with Crippen LogP contribution >= 0.6 is 11.6 Å². The summed E-state index contributed by atoms with van der Waals surface area (Å²) in [5, 5.41) is 0.664. The standard InChI is InChI=1S/C16H25ClO2Si/c1-16(2,3)15(18)11-14(19-20(4,5)6)12-9-7-8-10-13(12)17/h7-10,14H,11H2,1-6H3/t14-/m0/s1.